The third kappa shape index (κ3) is 2.64. The van der Waals surface area contributed by atoms with Gasteiger partial charge >= 0.3 is 0 Å². The van der Waals surface area contributed by atoms with Crippen molar-refractivity contribution in [2.45, 2.75) is 20.0 Å². The van der Waals surface area contributed by atoms with E-state index in [-0.39, 0.29) is 12.5 Å². The molecule has 4 nitrogen and oxygen atoms in total. The molecule has 4 heteroatoms. The van der Waals surface area contributed by atoms with E-state index in [1.54, 1.807) is 11.1 Å². The van der Waals surface area contributed by atoms with Gasteiger partial charge in [-0.15, -0.1) is 0 Å². The van der Waals surface area contributed by atoms with Crippen molar-refractivity contribution in [3.05, 3.63) is 59.4 Å². The van der Waals surface area contributed by atoms with Crippen molar-refractivity contribution in [3.8, 4) is 5.75 Å². The van der Waals surface area contributed by atoms with Gasteiger partial charge in [-0.25, -0.2) is 0 Å². The second kappa shape index (κ2) is 5.33. The minimum atomic E-state index is -0.00972. The summed E-state index contributed by atoms with van der Waals surface area (Å²) in [5.74, 6) is 0.720. The van der Waals surface area contributed by atoms with Gasteiger partial charge in [-0.3, -0.25) is 9.78 Å². The zero-order valence-corrected chi connectivity index (χ0v) is 11.4. The average Bonchev–Trinajstić information content (AvgIpc) is 2.89. The van der Waals surface area contributed by atoms with Gasteiger partial charge in [-0.1, -0.05) is 18.2 Å². The topological polar surface area (TPSA) is 42.4 Å². The van der Waals surface area contributed by atoms with Crippen LogP contribution in [0.15, 0.2) is 42.6 Å². The monoisotopic (exact) mass is 268 g/mol. The standard InChI is InChI=1S/C16H16N2O2/c1-12-4-2-6-14(8-12)20-11-16(19)18-9-13-5-3-7-17-15(13)10-18/h2-8H,9-11H2,1H3. The lowest BCUT2D eigenvalue weighted by Gasteiger charge is -2.15. The third-order valence-electron chi connectivity index (χ3n) is 3.39. The van der Waals surface area contributed by atoms with Crippen LogP contribution in [0.2, 0.25) is 0 Å². The number of carbonyl (C=O) groups is 1. The Morgan fingerprint density at radius 1 is 1.30 bits per heavy atom. The van der Waals surface area contributed by atoms with Crippen LogP contribution in [0.3, 0.4) is 0 Å². The van der Waals surface area contributed by atoms with Crippen LogP contribution in [0.1, 0.15) is 16.8 Å². The molecule has 102 valence electrons. The number of nitrogens with zero attached hydrogens (tertiary/aromatic N) is 2. The number of carbonyl (C=O) groups excluding carboxylic acids is 1. The molecule has 1 aromatic heterocycles. The van der Waals surface area contributed by atoms with Crippen LogP contribution in [0.5, 0.6) is 5.75 Å². The van der Waals surface area contributed by atoms with Crippen LogP contribution in [-0.2, 0) is 17.9 Å². The Balaban J connectivity index is 1.59. The van der Waals surface area contributed by atoms with Crippen molar-refractivity contribution in [1.82, 2.24) is 9.88 Å². The van der Waals surface area contributed by atoms with Gasteiger partial charge in [0, 0.05) is 12.7 Å². The van der Waals surface area contributed by atoms with Crippen LogP contribution < -0.4 is 4.74 Å². The molecule has 0 unspecified atom stereocenters. The Morgan fingerprint density at radius 2 is 2.20 bits per heavy atom. The van der Waals surface area contributed by atoms with Crippen molar-refractivity contribution in [3.63, 3.8) is 0 Å². The number of rotatable bonds is 3. The molecule has 3 rings (SSSR count). The number of fused-ring (bicyclic) bond motifs is 1. The third-order valence-corrected chi connectivity index (χ3v) is 3.39. The van der Waals surface area contributed by atoms with E-state index in [2.05, 4.69) is 4.98 Å². The predicted octanol–water partition coefficient (Wildman–Crippen LogP) is 2.31. The number of hydrogen-bond acceptors (Lipinski definition) is 3. The lowest BCUT2D eigenvalue weighted by molar-refractivity contribution is -0.134. The number of amides is 1. The molecule has 0 spiro atoms. The van der Waals surface area contributed by atoms with Gasteiger partial charge in [0.05, 0.1) is 12.2 Å². The van der Waals surface area contributed by atoms with Gasteiger partial charge in [0.1, 0.15) is 5.75 Å². The summed E-state index contributed by atoms with van der Waals surface area (Å²) in [6.07, 6.45) is 1.76. The Labute approximate surface area is 118 Å². The molecule has 1 aromatic carbocycles. The number of aryl methyl sites for hydroxylation is 1. The Kier molecular flexibility index (Phi) is 3.37. The van der Waals surface area contributed by atoms with Crippen molar-refractivity contribution < 1.29 is 9.53 Å². The second-order valence-electron chi connectivity index (χ2n) is 4.96. The fraction of sp³-hybridized carbons (Fsp3) is 0.250. The molecule has 1 aliphatic rings. The first-order chi connectivity index (χ1) is 9.72. The van der Waals surface area contributed by atoms with E-state index in [1.807, 2.05) is 43.3 Å². The molecule has 2 aromatic rings. The Hall–Kier alpha value is -2.36. The van der Waals surface area contributed by atoms with Crippen molar-refractivity contribution in [2.24, 2.45) is 0 Å². The summed E-state index contributed by atoms with van der Waals surface area (Å²) in [6.45, 7) is 3.26. The van der Waals surface area contributed by atoms with Crippen LogP contribution in [0.4, 0.5) is 0 Å². The molecular formula is C16H16N2O2. The van der Waals surface area contributed by atoms with Gasteiger partial charge in [0.2, 0.25) is 0 Å². The number of hydrogen-bond donors (Lipinski definition) is 0. The molecule has 20 heavy (non-hydrogen) atoms. The van der Waals surface area contributed by atoms with E-state index >= 15 is 0 Å². The fourth-order valence-electron chi connectivity index (χ4n) is 2.32. The van der Waals surface area contributed by atoms with E-state index in [9.17, 15) is 4.79 Å². The zero-order valence-electron chi connectivity index (χ0n) is 11.4. The van der Waals surface area contributed by atoms with Gasteiger partial charge in [0.25, 0.3) is 5.91 Å². The maximum Gasteiger partial charge on any atom is 0.261 e. The smallest absolute Gasteiger partial charge is 0.261 e. The van der Waals surface area contributed by atoms with Crippen molar-refractivity contribution >= 4 is 5.91 Å². The highest BCUT2D eigenvalue weighted by Gasteiger charge is 2.24. The SMILES string of the molecule is Cc1cccc(OCC(=O)N2Cc3cccnc3C2)c1. The minimum Gasteiger partial charge on any atom is -0.484 e. The molecule has 0 saturated heterocycles. The number of ether oxygens (including phenoxy) is 1. The summed E-state index contributed by atoms with van der Waals surface area (Å²) in [5.41, 5.74) is 3.22. The lowest BCUT2D eigenvalue weighted by atomic mass is 10.2. The highest BCUT2D eigenvalue weighted by Crippen LogP contribution is 2.20. The van der Waals surface area contributed by atoms with E-state index in [0.717, 1.165) is 22.6 Å². The van der Waals surface area contributed by atoms with E-state index < -0.39 is 0 Å². The summed E-state index contributed by atoms with van der Waals surface area (Å²) >= 11 is 0. The maximum absolute atomic E-state index is 12.1. The summed E-state index contributed by atoms with van der Waals surface area (Å²) in [4.78, 5) is 18.2. The van der Waals surface area contributed by atoms with E-state index in [0.29, 0.717) is 13.1 Å². The number of benzene rings is 1. The first-order valence-corrected chi connectivity index (χ1v) is 6.62. The van der Waals surface area contributed by atoms with Gasteiger partial charge in [0.15, 0.2) is 6.61 Å². The molecule has 0 N–H and O–H groups in total. The molecule has 2 heterocycles. The summed E-state index contributed by atoms with van der Waals surface area (Å²) in [7, 11) is 0. The van der Waals surface area contributed by atoms with Crippen LogP contribution in [-0.4, -0.2) is 22.4 Å². The number of pyridine rings is 1. The average molecular weight is 268 g/mol. The maximum atomic E-state index is 12.1. The van der Waals surface area contributed by atoms with Gasteiger partial charge in [-0.05, 0) is 36.2 Å². The highest BCUT2D eigenvalue weighted by molar-refractivity contribution is 5.78. The molecule has 1 aliphatic heterocycles. The summed E-state index contributed by atoms with van der Waals surface area (Å²) in [6, 6.07) is 11.6. The van der Waals surface area contributed by atoms with E-state index in [1.165, 1.54) is 0 Å². The Morgan fingerprint density at radius 3 is 3.00 bits per heavy atom. The largest absolute Gasteiger partial charge is 0.484 e. The summed E-state index contributed by atoms with van der Waals surface area (Å²) in [5, 5.41) is 0. The van der Waals surface area contributed by atoms with E-state index in [4.69, 9.17) is 4.74 Å². The minimum absolute atomic E-state index is 0.00972. The highest BCUT2D eigenvalue weighted by atomic mass is 16.5. The molecular weight excluding hydrogens is 252 g/mol. The Bertz CT molecular complexity index is 615. The summed E-state index contributed by atoms with van der Waals surface area (Å²) < 4.78 is 5.55. The first kappa shape index (κ1) is 12.7. The first-order valence-electron chi connectivity index (χ1n) is 6.62. The van der Waals surface area contributed by atoms with Crippen molar-refractivity contribution in [2.75, 3.05) is 6.61 Å². The predicted molar refractivity (Wildman–Crippen MR) is 75.2 cm³/mol. The molecule has 0 aliphatic carbocycles. The molecule has 0 fully saturated rings. The molecule has 1 amide bonds. The molecule has 0 saturated carbocycles. The quantitative estimate of drug-likeness (QED) is 0.858. The van der Waals surface area contributed by atoms with Crippen LogP contribution in [0, 0.1) is 6.92 Å². The van der Waals surface area contributed by atoms with Crippen LogP contribution in [0.25, 0.3) is 0 Å². The normalized spacial score (nSPS) is 13.2. The fourth-order valence-corrected chi connectivity index (χ4v) is 2.32. The van der Waals surface area contributed by atoms with Crippen LogP contribution >= 0.6 is 0 Å². The van der Waals surface area contributed by atoms with Gasteiger partial charge < -0.3 is 9.64 Å². The van der Waals surface area contributed by atoms with Crippen molar-refractivity contribution in [1.29, 1.82) is 0 Å². The molecule has 0 atom stereocenters. The van der Waals surface area contributed by atoms with Gasteiger partial charge in [-0.2, -0.15) is 0 Å². The number of aromatic nitrogens is 1. The lowest BCUT2D eigenvalue weighted by Crippen LogP contribution is -2.30. The molecule has 0 radical (unpaired) electrons. The second-order valence-corrected chi connectivity index (χ2v) is 4.96. The molecule has 0 bridgehead atoms. The zero-order chi connectivity index (χ0) is 13.9.